The van der Waals surface area contributed by atoms with Crippen LogP contribution in [0.4, 0.5) is 5.69 Å². The quantitative estimate of drug-likeness (QED) is 0.516. The molecular weight excluding hydrogens is 382 g/mol. The molecule has 2 N–H and O–H groups in total. The molecule has 0 saturated carbocycles. The molecule has 0 fully saturated rings. The third kappa shape index (κ3) is 3.45. The number of nitrogens with one attached hydrogen (secondary N) is 1. The van der Waals surface area contributed by atoms with Crippen molar-refractivity contribution in [2.75, 3.05) is 5.01 Å². The topological polar surface area (TPSA) is 95.0 Å². The second-order valence-corrected chi connectivity index (χ2v) is 7.38. The Bertz CT molecular complexity index is 1320. The number of aryl methyl sites for hydroxylation is 2. The standard InChI is InChI=1S/C23H21N3O4/c1-13-4-7-17(14(2)10-13)11-19-15(3)20-21(24-22(19)27)25-26(23(20)28)18-8-5-16(6-9-18)12-30-29/h4-11,29H,12H2,1-3H3,(H,24,25,27)/b19-11+. The summed E-state index contributed by atoms with van der Waals surface area (Å²) in [6.07, 6.45) is 1.81. The van der Waals surface area contributed by atoms with Crippen LogP contribution in [0, 0.1) is 20.8 Å². The van der Waals surface area contributed by atoms with Crippen LogP contribution in [-0.4, -0.2) is 16.1 Å². The molecule has 1 aliphatic heterocycles. The van der Waals surface area contributed by atoms with Gasteiger partial charge in [0, 0.05) is 5.22 Å². The molecular formula is C23H21N3O4. The Morgan fingerprint density at radius 3 is 2.50 bits per heavy atom. The molecule has 3 aromatic rings. The summed E-state index contributed by atoms with van der Waals surface area (Å²) in [5.74, 6) is -0.305. The SMILES string of the molecule is Cc1ccc(/C=c2\c(C)c3c([nH]c2=O)=NN(c2ccc(COO)cc2)C3=O)c(C)c1. The monoisotopic (exact) mass is 403 g/mol. The van der Waals surface area contributed by atoms with E-state index in [-0.39, 0.29) is 23.6 Å². The van der Waals surface area contributed by atoms with Gasteiger partial charge in [-0.05, 0) is 61.2 Å². The third-order valence-corrected chi connectivity index (χ3v) is 5.24. The Kier molecular flexibility index (Phi) is 5.07. The fraction of sp³-hybridized carbons (Fsp3) is 0.174. The van der Waals surface area contributed by atoms with Gasteiger partial charge in [0.15, 0.2) is 5.49 Å². The highest BCUT2D eigenvalue weighted by Crippen LogP contribution is 2.21. The van der Waals surface area contributed by atoms with E-state index in [0.29, 0.717) is 22.0 Å². The summed E-state index contributed by atoms with van der Waals surface area (Å²) in [7, 11) is 0. The Morgan fingerprint density at radius 2 is 1.83 bits per heavy atom. The molecule has 1 amide bonds. The second kappa shape index (κ2) is 7.70. The smallest absolute Gasteiger partial charge is 0.282 e. The van der Waals surface area contributed by atoms with Crippen molar-refractivity contribution in [2.24, 2.45) is 5.10 Å². The molecule has 1 aromatic heterocycles. The Balaban J connectivity index is 1.79. The maximum Gasteiger partial charge on any atom is 0.282 e. The lowest BCUT2D eigenvalue weighted by Gasteiger charge is -2.12. The van der Waals surface area contributed by atoms with Crippen LogP contribution in [0.15, 0.2) is 52.4 Å². The molecule has 0 bridgehead atoms. The zero-order valence-electron chi connectivity index (χ0n) is 16.9. The van der Waals surface area contributed by atoms with E-state index in [1.165, 1.54) is 5.01 Å². The van der Waals surface area contributed by atoms with Crippen molar-refractivity contribution < 1.29 is 14.9 Å². The zero-order valence-corrected chi connectivity index (χ0v) is 16.9. The number of rotatable bonds is 4. The molecule has 4 rings (SSSR count). The molecule has 1 aliphatic rings. The number of hydrogen-bond donors (Lipinski definition) is 2. The largest absolute Gasteiger partial charge is 0.304 e. The first-order chi connectivity index (χ1) is 14.4. The van der Waals surface area contributed by atoms with Crippen LogP contribution in [0.2, 0.25) is 0 Å². The van der Waals surface area contributed by atoms with Crippen LogP contribution >= 0.6 is 0 Å². The summed E-state index contributed by atoms with van der Waals surface area (Å²) < 4.78 is 0. The van der Waals surface area contributed by atoms with Gasteiger partial charge in [-0.3, -0.25) is 14.8 Å². The highest BCUT2D eigenvalue weighted by atomic mass is 17.1. The normalized spacial score (nSPS) is 13.5. The van der Waals surface area contributed by atoms with Crippen LogP contribution in [0.5, 0.6) is 0 Å². The van der Waals surface area contributed by atoms with Gasteiger partial charge in [-0.2, -0.15) is 5.01 Å². The molecule has 30 heavy (non-hydrogen) atoms. The minimum atomic E-state index is -0.305. The number of fused-ring (bicyclic) bond motifs is 1. The molecule has 7 nitrogen and oxygen atoms in total. The predicted octanol–water partition coefficient (Wildman–Crippen LogP) is 2.31. The number of nitrogens with zero attached hydrogens (tertiary/aromatic N) is 2. The molecule has 2 heterocycles. The van der Waals surface area contributed by atoms with E-state index >= 15 is 0 Å². The van der Waals surface area contributed by atoms with E-state index in [1.54, 1.807) is 31.2 Å². The molecule has 0 atom stereocenters. The predicted molar refractivity (Wildman–Crippen MR) is 113 cm³/mol. The van der Waals surface area contributed by atoms with Gasteiger partial charge in [0.1, 0.15) is 6.61 Å². The van der Waals surface area contributed by atoms with E-state index < -0.39 is 0 Å². The van der Waals surface area contributed by atoms with Crippen LogP contribution in [0.25, 0.3) is 6.08 Å². The average Bonchev–Trinajstić information content (AvgIpc) is 3.03. The summed E-state index contributed by atoms with van der Waals surface area (Å²) >= 11 is 0. The van der Waals surface area contributed by atoms with E-state index in [9.17, 15) is 9.59 Å². The van der Waals surface area contributed by atoms with E-state index in [1.807, 2.05) is 32.1 Å². The number of aromatic nitrogens is 1. The number of amides is 1. The first-order valence-electron chi connectivity index (χ1n) is 9.49. The lowest BCUT2D eigenvalue weighted by Crippen LogP contribution is -2.38. The first kappa shape index (κ1) is 19.8. The number of H-pyrrole nitrogens is 1. The maximum atomic E-state index is 13.1. The minimum Gasteiger partial charge on any atom is -0.304 e. The van der Waals surface area contributed by atoms with Gasteiger partial charge < -0.3 is 4.98 Å². The van der Waals surface area contributed by atoms with Crippen molar-refractivity contribution in [1.82, 2.24) is 4.98 Å². The van der Waals surface area contributed by atoms with Gasteiger partial charge in [0.2, 0.25) is 0 Å². The number of benzene rings is 2. The minimum absolute atomic E-state index is 0.0512. The van der Waals surface area contributed by atoms with E-state index in [0.717, 1.165) is 22.3 Å². The van der Waals surface area contributed by atoms with Crippen molar-refractivity contribution in [1.29, 1.82) is 0 Å². The van der Waals surface area contributed by atoms with Crippen LogP contribution < -0.4 is 21.3 Å². The summed E-state index contributed by atoms with van der Waals surface area (Å²) in [5.41, 5.74) is 5.37. The van der Waals surface area contributed by atoms with Gasteiger partial charge in [-0.15, -0.1) is 5.10 Å². The number of anilines is 1. The average molecular weight is 403 g/mol. The first-order valence-corrected chi connectivity index (χ1v) is 9.49. The molecule has 2 aromatic carbocycles. The third-order valence-electron chi connectivity index (χ3n) is 5.24. The van der Waals surface area contributed by atoms with Crippen LogP contribution in [-0.2, 0) is 11.5 Å². The van der Waals surface area contributed by atoms with Crippen LogP contribution in [0.1, 0.15) is 38.2 Å². The van der Waals surface area contributed by atoms with Gasteiger partial charge in [0.25, 0.3) is 11.5 Å². The lowest BCUT2D eigenvalue weighted by molar-refractivity contribution is -0.253. The van der Waals surface area contributed by atoms with Crippen molar-refractivity contribution >= 4 is 17.7 Å². The molecule has 7 heteroatoms. The lowest BCUT2D eigenvalue weighted by atomic mass is 10.0. The fourth-order valence-electron chi connectivity index (χ4n) is 3.61. The summed E-state index contributed by atoms with van der Waals surface area (Å²) in [5, 5.41) is 14.6. The fourth-order valence-corrected chi connectivity index (χ4v) is 3.61. The Morgan fingerprint density at radius 1 is 1.10 bits per heavy atom. The maximum absolute atomic E-state index is 13.1. The number of hydrogen-bond acceptors (Lipinski definition) is 5. The van der Waals surface area contributed by atoms with Crippen molar-refractivity contribution in [3.8, 4) is 0 Å². The molecule has 0 radical (unpaired) electrons. The number of carbonyl (C=O) groups is 1. The summed E-state index contributed by atoms with van der Waals surface area (Å²) in [6, 6.07) is 12.9. The molecule has 152 valence electrons. The van der Waals surface area contributed by atoms with E-state index in [4.69, 9.17) is 5.26 Å². The Labute approximate surface area is 172 Å². The summed E-state index contributed by atoms with van der Waals surface area (Å²) in [6.45, 7) is 5.82. The number of aromatic amines is 1. The molecule has 0 unspecified atom stereocenters. The van der Waals surface area contributed by atoms with Crippen LogP contribution in [0.3, 0.4) is 0 Å². The van der Waals surface area contributed by atoms with Crippen molar-refractivity contribution in [2.45, 2.75) is 27.4 Å². The highest BCUT2D eigenvalue weighted by molar-refractivity contribution is 6.07. The van der Waals surface area contributed by atoms with Crippen molar-refractivity contribution in [3.05, 3.63) is 96.9 Å². The zero-order chi connectivity index (χ0) is 21.4. The molecule has 0 aliphatic carbocycles. The van der Waals surface area contributed by atoms with Gasteiger partial charge in [0.05, 0.1) is 11.3 Å². The van der Waals surface area contributed by atoms with Gasteiger partial charge in [-0.25, -0.2) is 4.89 Å². The van der Waals surface area contributed by atoms with Gasteiger partial charge in [-0.1, -0.05) is 35.9 Å². The second-order valence-electron chi connectivity index (χ2n) is 7.38. The number of pyridine rings is 1. The Hall–Kier alpha value is -3.55. The highest BCUT2D eigenvalue weighted by Gasteiger charge is 2.28. The number of carbonyl (C=O) groups excluding carboxylic acids is 1. The molecule has 0 saturated heterocycles. The molecule has 0 spiro atoms. The van der Waals surface area contributed by atoms with Crippen molar-refractivity contribution in [3.63, 3.8) is 0 Å². The van der Waals surface area contributed by atoms with E-state index in [2.05, 4.69) is 21.0 Å². The van der Waals surface area contributed by atoms with Gasteiger partial charge >= 0.3 is 0 Å². The summed E-state index contributed by atoms with van der Waals surface area (Å²) in [4.78, 5) is 32.7.